The van der Waals surface area contributed by atoms with Crippen LogP contribution in [0.2, 0.25) is 0 Å². The Balaban J connectivity index is 1.92. The molecule has 5 nitrogen and oxygen atoms in total. The van der Waals surface area contributed by atoms with Crippen LogP contribution in [0, 0.1) is 0 Å². The fourth-order valence-corrected chi connectivity index (χ4v) is 2.50. The molecule has 2 N–H and O–H groups in total. The van der Waals surface area contributed by atoms with Crippen LogP contribution in [0.25, 0.3) is 0 Å². The van der Waals surface area contributed by atoms with Crippen molar-refractivity contribution in [1.82, 2.24) is 14.7 Å². The van der Waals surface area contributed by atoms with Crippen molar-refractivity contribution >= 4 is 22.6 Å². The number of rotatable bonds is 3. The van der Waals surface area contributed by atoms with E-state index in [0.717, 1.165) is 31.6 Å². The molecular weight excluding hydrogens is 236 g/mol. The van der Waals surface area contributed by atoms with Crippen LogP contribution in [-0.4, -0.2) is 27.9 Å². The Labute approximate surface area is 105 Å². The highest BCUT2D eigenvalue weighted by molar-refractivity contribution is 7.09. The highest BCUT2D eigenvalue weighted by Gasteiger charge is 2.21. The van der Waals surface area contributed by atoms with Crippen LogP contribution in [-0.2, 0) is 4.79 Å². The molecule has 0 radical (unpaired) electrons. The van der Waals surface area contributed by atoms with Gasteiger partial charge in [0, 0.05) is 17.5 Å². The minimum absolute atomic E-state index is 0.0103. The van der Waals surface area contributed by atoms with Gasteiger partial charge < -0.3 is 5.32 Å². The van der Waals surface area contributed by atoms with Crippen LogP contribution < -0.4 is 10.6 Å². The van der Waals surface area contributed by atoms with Crippen molar-refractivity contribution in [2.45, 2.75) is 45.1 Å². The van der Waals surface area contributed by atoms with Crippen LogP contribution in [0.3, 0.4) is 0 Å². The zero-order chi connectivity index (χ0) is 12.3. The fourth-order valence-electron chi connectivity index (χ4n) is 1.79. The van der Waals surface area contributed by atoms with E-state index < -0.39 is 0 Å². The molecule has 17 heavy (non-hydrogen) atoms. The molecule has 2 rings (SSSR count). The molecule has 1 unspecified atom stereocenters. The molecule has 0 spiro atoms. The standard InChI is InChI=1S/C11H18N4OS/c1-7(2)9-13-11(17-15-9)14-10(16)8-5-3-4-6-12-8/h7-8,12H,3-6H2,1-2H3,(H,13,14,15,16). The van der Waals surface area contributed by atoms with E-state index in [1.807, 2.05) is 13.8 Å². The first kappa shape index (κ1) is 12.4. The zero-order valence-electron chi connectivity index (χ0n) is 10.2. The quantitative estimate of drug-likeness (QED) is 0.862. The number of aromatic nitrogens is 2. The topological polar surface area (TPSA) is 66.9 Å². The first-order valence-electron chi connectivity index (χ1n) is 6.04. The molecule has 0 saturated carbocycles. The number of nitrogens with zero attached hydrogens (tertiary/aromatic N) is 2. The smallest absolute Gasteiger partial charge is 0.243 e. The highest BCUT2D eigenvalue weighted by Crippen LogP contribution is 2.18. The monoisotopic (exact) mass is 254 g/mol. The number of hydrogen-bond donors (Lipinski definition) is 2. The van der Waals surface area contributed by atoms with Gasteiger partial charge in [-0.2, -0.15) is 4.37 Å². The second-order valence-corrected chi connectivity index (χ2v) is 5.36. The Hall–Kier alpha value is -1.01. The van der Waals surface area contributed by atoms with Crippen LogP contribution in [0.4, 0.5) is 5.13 Å². The van der Waals surface area contributed by atoms with E-state index in [2.05, 4.69) is 20.0 Å². The number of anilines is 1. The van der Waals surface area contributed by atoms with Crippen molar-refractivity contribution in [3.8, 4) is 0 Å². The van der Waals surface area contributed by atoms with Crippen LogP contribution in [0.15, 0.2) is 0 Å². The van der Waals surface area contributed by atoms with Gasteiger partial charge in [0.1, 0.15) is 5.82 Å². The van der Waals surface area contributed by atoms with Gasteiger partial charge >= 0.3 is 0 Å². The zero-order valence-corrected chi connectivity index (χ0v) is 11.0. The van der Waals surface area contributed by atoms with E-state index in [1.54, 1.807) is 0 Å². The second-order valence-electron chi connectivity index (χ2n) is 4.60. The molecule has 1 amide bonds. The van der Waals surface area contributed by atoms with Gasteiger partial charge in [0.05, 0.1) is 6.04 Å². The predicted molar refractivity (Wildman–Crippen MR) is 68.3 cm³/mol. The SMILES string of the molecule is CC(C)c1nsc(NC(=O)C2CCCCN2)n1. The van der Waals surface area contributed by atoms with Gasteiger partial charge in [0.2, 0.25) is 11.0 Å². The first-order valence-corrected chi connectivity index (χ1v) is 6.82. The Kier molecular flexibility index (Phi) is 4.06. The third kappa shape index (κ3) is 3.23. The van der Waals surface area contributed by atoms with Crippen molar-refractivity contribution in [3.63, 3.8) is 0 Å². The molecule has 1 atom stereocenters. The van der Waals surface area contributed by atoms with Gasteiger partial charge in [-0.25, -0.2) is 4.98 Å². The largest absolute Gasteiger partial charge is 0.306 e. The number of amides is 1. The minimum Gasteiger partial charge on any atom is -0.306 e. The molecule has 1 aromatic heterocycles. The van der Waals surface area contributed by atoms with Gasteiger partial charge in [-0.05, 0) is 19.4 Å². The van der Waals surface area contributed by atoms with Gasteiger partial charge in [-0.3, -0.25) is 10.1 Å². The van der Waals surface area contributed by atoms with Crippen LogP contribution in [0.1, 0.15) is 44.9 Å². The lowest BCUT2D eigenvalue weighted by Crippen LogP contribution is -2.43. The maximum atomic E-state index is 11.9. The summed E-state index contributed by atoms with van der Waals surface area (Å²) in [6.45, 7) is 5.00. The molecule has 1 aliphatic heterocycles. The summed E-state index contributed by atoms with van der Waals surface area (Å²) < 4.78 is 4.21. The number of piperidine rings is 1. The molecule has 1 saturated heterocycles. The minimum atomic E-state index is -0.0739. The highest BCUT2D eigenvalue weighted by atomic mass is 32.1. The van der Waals surface area contributed by atoms with Crippen molar-refractivity contribution < 1.29 is 4.79 Å². The third-order valence-electron chi connectivity index (χ3n) is 2.82. The lowest BCUT2D eigenvalue weighted by atomic mass is 10.0. The van der Waals surface area contributed by atoms with Crippen LogP contribution in [0.5, 0.6) is 0 Å². The average Bonchev–Trinajstić information content (AvgIpc) is 2.79. The summed E-state index contributed by atoms with van der Waals surface area (Å²) >= 11 is 1.25. The average molecular weight is 254 g/mol. The van der Waals surface area contributed by atoms with Crippen molar-refractivity contribution in [1.29, 1.82) is 0 Å². The van der Waals surface area contributed by atoms with Crippen molar-refractivity contribution in [3.05, 3.63) is 5.82 Å². The van der Waals surface area contributed by atoms with E-state index in [0.29, 0.717) is 11.0 Å². The summed E-state index contributed by atoms with van der Waals surface area (Å²) in [5.74, 6) is 1.10. The summed E-state index contributed by atoms with van der Waals surface area (Å²) in [4.78, 5) is 16.2. The number of nitrogens with one attached hydrogen (secondary N) is 2. The molecule has 2 heterocycles. The third-order valence-corrected chi connectivity index (χ3v) is 3.46. The number of carbonyl (C=O) groups is 1. The molecule has 1 fully saturated rings. The molecular formula is C11H18N4OS. The summed E-state index contributed by atoms with van der Waals surface area (Å²) in [5.41, 5.74) is 0. The van der Waals surface area contributed by atoms with E-state index >= 15 is 0 Å². The molecule has 0 bridgehead atoms. The van der Waals surface area contributed by atoms with E-state index in [9.17, 15) is 4.79 Å². The van der Waals surface area contributed by atoms with Gasteiger partial charge in [-0.1, -0.05) is 20.3 Å². The molecule has 1 aromatic rings. The lowest BCUT2D eigenvalue weighted by molar-refractivity contribution is -0.118. The molecule has 94 valence electrons. The Morgan fingerprint density at radius 3 is 2.94 bits per heavy atom. The van der Waals surface area contributed by atoms with E-state index in [-0.39, 0.29) is 11.9 Å². The fraction of sp³-hybridized carbons (Fsp3) is 0.727. The molecule has 1 aliphatic rings. The van der Waals surface area contributed by atoms with Crippen LogP contribution >= 0.6 is 11.5 Å². The predicted octanol–water partition coefficient (Wildman–Crippen LogP) is 1.74. The van der Waals surface area contributed by atoms with Gasteiger partial charge in [0.15, 0.2) is 0 Å². The lowest BCUT2D eigenvalue weighted by Gasteiger charge is -2.21. The van der Waals surface area contributed by atoms with Gasteiger partial charge in [0.25, 0.3) is 0 Å². The number of hydrogen-bond acceptors (Lipinski definition) is 5. The Morgan fingerprint density at radius 1 is 1.53 bits per heavy atom. The Morgan fingerprint density at radius 2 is 2.35 bits per heavy atom. The Bertz CT molecular complexity index is 385. The van der Waals surface area contributed by atoms with Gasteiger partial charge in [-0.15, -0.1) is 0 Å². The molecule has 0 aromatic carbocycles. The maximum absolute atomic E-state index is 11.9. The summed E-state index contributed by atoms with van der Waals surface area (Å²) in [6, 6.07) is -0.0739. The maximum Gasteiger partial charge on any atom is 0.243 e. The molecule has 6 heteroatoms. The molecule has 0 aliphatic carbocycles. The van der Waals surface area contributed by atoms with E-state index in [4.69, 9.17) is 0 Å². The normalized spacial score (nSPS) is 20.5. The summed E-state index contributed by atoms with van der Waals surface area (Å²) in [7, 11) is 0. The van der Waals surface area contributed by atoms with Crippen molar-refractivity contribution in [2.24, 2.45) is 0 Å². The first-order chi connectivity index (χ1) is 8.16. The summed E-state index contributed by atoms with van der Waals surface area (Å²) in [6.07, 6.45) is 3.17. The van der Waals surface area contributed by atoms with E-state index in [1.165, 1.54) is 11.5 Å². The van der Waals surface area contributed by atoms with Crippen molar-refractivity contribution in [2.75, 3.05) is 11.9 Å². The number of carbonyl (C=O) groups excluding carboxylic acids is 1. The second kappa shape index (κ2) is 5.55. The summed E-state index contributed by atoms with van der Waals surface area (Å²) in [5, 5.41) is 6.65.